The van der Waals surface area contributed by atoms with Crippen LogP contribution in [0.15, 0.2) is 47.3 Å². The maximum atomic E-state index is 14.9. The first kappa shape index (κ1) is 32.5. The summed E-state index contributed by atoms with van der Waals surface area (Å²) in [5, 5.41) is 15.0. The number of halogens is 1. The molecule has 1 heterocycles. The van der Waals surface area contributed by atoms with Gasteiger partial charge in [-0.25, -0.2) is 4.39 Å². The third kappa shape index (κ3) is 7.26. The monoisotopic (exact) mass is 593 g/mol. The van der Waals surface area contributed by atoms with Gasteiger partial charge in [-0.05, 0) is 62.6 Å². The Balaban J connectivity index is 0.00000248. The molecule has 1 fully saturated rings. The standard InChI is InChI=1S/C29H30FN5O6.C2H6/c1-16-8-11-22(21(30)12-16)32-26-24(29(41)33(3)14-23(37)38)25(17(2)28(40)34(26)4)35(15-36)20-7-5-6-18(13-20)27(39)31-19-9-10-19;1-2/h5-8,11-13,15,19,32H,9-10,14H2,1-4H3,(H,31,39)(H,37,38);1-2H3. The second-order valence-corrected chi connectivity index (χ2v) is 10.00. The number of likely N-dealkylation sites (N-methyl/N-ethyl adjacent to an activating group) is 1. The Hall–Kier alpha value is -5.00. The molecular formula is C31H36FN5O6. The molecule has 0 radical (unpaired) electrons. The fourth-order valence-corrected chi connectivity index (χ4v) is 4.42. The summed E-state index contributed by atoms with van der Waals surface area (Å²) in [7, 11) is 2.63. The fraction of sp³-hybridized carbons (Fsp3) is 0.323. The average Bonchev–Trinajstić information content (AvgIpc) is 3.80. The number of aliphatic carboxylic acids is 1. The molecule has 1 aromatic heterocycles. The molecule has 1 aliphatic carbocycles. The topological polar surface area (TPSA) is 141 Å². The van der Waals surface area contributed by atoms with Crippen LogP contribution in [-0.4, -0.2) is 58.4 Å². The van der Waals surface area contributed by atoms with Crippen LogP contribution < -0.4 is 21.1 Å². The molecule has 228 valence electrons. The van der Waals surface area contributed by atoms with Crippen LogP contribution in [0, 0.1) is 19.7 Å². The molecule has 43 heavy (non-hydrogen) atoms. The zero-order valence-electron chi connectivity index (χ0n) is 25.0. The van der Waals surface area contributed by atoms with Crippen LogP contribution in [-0.2, 0) is 16.6 Å². The van der Waals surface area contributed by atoms with Gasteiger partial charge < -0.3 is 20.6 Å². The van der Waals surface area contributed by atoms with E-state index in [1.54, 1.807) is 25.1 Å². The van der Waals surface area contributed by atoms with Gasteiger partial charge in [-0.2, -0.15) is 0 Å². The predicted octanol–water partition coefficient (Wildman–Crippen LogP) is 4.25. The van der Waals surface area contributed by atoms with E-state index in [0.29, 0.717) is 12.0 Å². The maximum Gasteiger partial charge on any atom is 0.323 e. The van der Waals surface area contributed by atoms with Gasteiger partial charge in [0.15, 0.2) is 0 Å². The molecule has 3 aromatic rings. The number of aryl methyl sites for hydroxylation is 1. The minimum absolute atomic E-state index is 0.00515. The number of anilines is 4. The number of carbonyl (C=O) groups is 4. The summed E-state index contributed by atoms with van der Waals surface area (Å²) in [6, 6.07) is 10.5. The second kappa shape index (κ2) is 13.8. The van der Waals surface area contributed by atoms with Gasteiger partial charge in [-0.3, -0.25) is 33.4 Å². The third-order valence-electron chi connectivity index (χ3n) is 6.75. The lowest BCUT2D eigenvalue weighted by Crippen LogP contribution is -2.37. The molecule has 1 saturated carbocycles. The molecule has 4 rings (SSSR count). The van der Waals surface area contributed by atoms with Crippen molar-refractivity contribution in [2.75, 3.05) is 23.8 Å². The van der Waals surface area contributed by atoms with Gasteiger partial charge in [0.1, 0.15) is 23.7 Å². The first-order valence-corrected chi connectivity index (χ1v) is 13.8. The highest BCUT2D eigenvalue weighted by atomic mass is 19.1. The van der Waals surface area contributed by atoms with E-state index in [-0.39, 0.29) is 51.5 Å². The molecule has 0 atom stereocenters. The molecular weight excluding hydrogens is 557 g/mol. The highest BCUT2D eigenvalue weighted by Crippen LogP contribution is 2.36. The molecule has 3 N–H and O–H groups in total. The molecule has 0 aliphatic heterocycles. The highest BCUT2D eigenvalue weighted by Gasteiger charge is 2.31. The van der Waals surface area contributed by atoms with Gasteiger partial charge in [0.25, 0.3) is 17.4 Å². The van der Waals surface area contributed by atoms with E-state index in [1.165, 1.54) is 45.3 Å². The van der Waals surface area contributed by atoms with Crippen molar-refractivity contribution in [2.45, 2.75) is 46.6 Å². The van der Waals surface area contributed by atoms with Gasteiger partial charge >= 0.3 is 5.97 Å². The van der Waals surface area contributed by atoms with E-state index in [4.69, 9.17) is 0 Å². The van der Waals surface area contributed by atoms with E-state index in [2.05, 4.69) is 10.6 Å². The number of carboxylic acids is 1. The predicted molar refractivity (Wildman–Crippen MR) is 162 cm³/mol. The zero-order valence-corrected chi connectivity index (χ0v) is 25.0. The first-order chi connectivity index (χ1) is 20.4. The first-order valence-electron chi connectivity index (χ1n) is 13.8. The number of pyridine rings is 1. The number of amides is 3. The van der Waals surface area contributed by atoms with Gasteiger partial charge in [0.05, 0.1) is 11.4 Å². The minimum Gasteiger partial charge on any atom is -0.480 e. The van der Waals surface area contributed by atoms with Gasteiger partial charge in [0.2, 0.25) is 6.41 Å². The Morgan fingerprint density at radius 2 is 1.79 bits per heavy atom. The average molecular weight is 594 g/mol. The van der Waals surface area contributed by atoms with Crippen molar-refractivity contribution in [2.24, 2.45) is 7.05 Å². The number of benzene rings is 2. The van der Waals surface area contributed by atoms with Gasteiger partial charge in [-0.1, -0.05) is 26.0 Å². The summed E-state index contributed by atoms with van der Waals surface area (Å²) in [5.74, 6) is -3.28. The quantitative estimate of drug-likeness (QED) is 0.299. The Morgan fingerprint density at radius 3 is 2.37 bits per heavy atom. The number of aromatic nitrogens is 1. The summed E-state index contributed by atoms with van der Waals surface area (Å²) in [6.07, 6.45) is 2.15. The number of carbonyl (C=O) groups excluding carboxylic acids is 3. The largest absolute Gasteiger partial charge is 0.480 e. The van der Waals surface area contributed by atoms with Crippen molar-refractivity contribution in [1.29, 1.82) is 0 Å². The van der Waals surface area contributed by atoms with Crippen molar-refractivity contribution in [3.63, 3.8) is 0 Å². The number of hydrogen-bond donors (Lipinski definition) is 3. The number of carboxylic acid groups (broad SMARTS) is 1. The fourth-order valence-electron chi connectivity index (χ4n) is 4.42. The number of nitrogens with one attached hydrogen (secondary N) is 2. The summed E-state index contributed by atoms with van der Waals surface area (Å²) in [5.41, 5.74) is 0.0548. The Kier molecular flexibility index (Phi) is 10.4. The molecule has 0 bridgehead atoms. The lowest BCUT2D eigenvalue weighted by Gasteiger charge is -2.28. The molecule has 0 unspecified atom stereocenters. The third-order valence-corrected chi connectivity index (χ3v) is 6.75. The Labute approximate surface area is 248 Å². The Morgan fingerprint density at radius 1 is 1.12 bits per heavy atom. The summed E-state index contributed by atoms with van der Waals surface area (Å²) < 4.78 is 16.0. The van der Waals surface area contributed by atoms with Crippen molar-refractivity contribution in [3.05, 3.63) is 80.9 Å². The van der Waals surface area contributed by atoms with Crippen LogP contribution in [0.25, 0.3) is 0 Å². The van der Waals surface area contributed by atoms with Crippen molar-refractivity contribution in [3.8, 4) is 0 Å². The van der Waals surface area contributed by atoms with Crippen LogP contribution in [0.4, 0.5) is 27.3 Å². The minimum atomic E-state index is -1.29. The number of nitrogens with zero attached hydrogens (tertiary/aromatic N) is 3. The summed E-state index contributed by atoms with van der Waals surface area (Å²) in [4.78, 5) is 66.0. The molecule has 11 nitrogen and oxygen atoms in total. The van der Waals surface area contributed by atoms with E-state index < -0.39 is 29.8 Å². The van der Waals surface area contributed by atoms with Gasteiger partial charge in [-0.15, -0.1) is 0 Å². The Bertz CT molecular complexity index is 1610. The lowest BCUT2D eigenvalue weighted by molar-refractivity contribution is -0.137. The van der Waals surface area contributed by atoms with Crippen molar-refractivity contribution >= 4 is 47.1 Å². The molecule has 2 aromatic carbocycles. The normalized spacial score (nSPS) is 12.0. The van der Waals surface area contributed by atoms with E-state index >= 15 is 0 Å². The van der Waals surface area contributed by atoms with Crippen LogP contribution in [0.5, 0.6) is 0 Å². The van der Waals surface area contributed by atoms with Crippen LogP contribution >= 0.6 is 0 Å². The second-order valence-electron chi connectivity index (χ2n) is 10.00. The summed E-state index contributed by atoms with van der Waals surface area (Å²) in [6.45, 7) is 6.43. The molecule has 0 spiro atoms. The smallest absolute Gasteiger partial charge is 0.323 e. The van der Waals surface area contributed by atoms with Crippen LogP contribution in [0.3, 0.4) is 0 Å². The molecule has 1 aliphatic rings. The molecule has 0 saturated heterocycles. The van der Waals surface area contributed by atoms with E-state index in [0.717, 1.165) is 27.2 Å². The van der Waals surface area contributed by atoms with Crippen molar-refractivity contribution < 1.29 is 28.7 Å². The van der Waals surface area contributed by atoms with Crippen LogP contribution in [0.1, 0.15) is 58.5 Å². The lowest BCUT2D eigenvalue weighted by atomic mass is 10.0. The van der Waals surface area contributed by atoms with Crippen LogP contribution in [0.2, 0.25) is 0 Å². The van der Waals surface area contributed by atoms with E-state index in [9.17, 15) is 33.5 Å². The molecule has 3 amide bonds. The number of hydrogen-bond acceptors (Lipinski definition) is 6. The SMILES string of the molecule is CC.Cc1ccc(Nc2c(C(=O)N(C)CC(=O)O)c(N(C=O)c3cccc(C(=O)NC4CC4)c3)c(C)c(=O)n2C)c(F)c1. The molecule has 12 heteroatoms. The number of rotatable bonds is 10. The zero-order chi connectivity index (χ0) is 32.0. The van der Waals surface area contributed by atoms with Gasteiger partial charge in [0, 0.05) is 37.0 Å². The maximum absolute atomic E-state index is 14.9. The highest BCUT2D eigenvalue weighted by molar-refractivity contribution is 6.09. The summed E-state index contributed by atoms with van der Waals surface area (Å²) >= 11 is 0. The van der Waals surface area contributed by atoms with E-state index in [1.807, 2.05) is 13.8 Å². The van der Waals surface area contributed by atoms with Crippen molar-refractivity contribution in [1.82, 2.24) is 14.8 Å².